The number of amidine groups is 1. The first-order chi connectivity index (χ1) is 13.1. The highest BCUT2D eigenvalue weighted by Gasteiger charge is 2.29. The van der Waals surface area contributed by atoms with Crippen LogP contribution in [0.2, 0.25) is 10.0 Å². The van der Waals surface area contributed by atoms with E-state index in [4.69, 9.17) is 34.7 Å². The average Bonchev–Trinajstić information content (AvgIpc) is 2.98. The van der Waals surface area contributed by atoms with Crippen LogP contribution in [-0.2, 0) is 6.18 Å². The fourth-order valence-electron chi connectivity index (χ4n) is 2.21. The van der Waals surface area contributed by atoms with Gasteiger partial charge in [-0.1, -0.05) is 40.6 Å². The van der Waals surface area contributed by atoms with Crippen LogP contribution in [0, 0.1) is 0 Å². The molecule has 1 heterocycles. The molecule has 5 nitrogen and oxygen atoms in total. The van der Waals surface area contributed by atoms with Gasteiger partial charge >= 0.3 is 6.18 Å². The summed E-state index contributed by atoms with van der Waals surface area (Å²) < 4.78 is 37.9. The van der Waals surface area contributed by atoms with Gasteiger partial charge in [-0.15, -0.1) is 0 Å². The first-order valence-corrected chi connectivity index (χ1v) is 9.21. The van der Waals surface area contributed by atoms with Crippen molar-refractivity contribution in [3.63, 3.8) is 0 Å². The van der Waals surface area contributed by atoms with Gasteiger partial charge in [0.25, 0.3) is 0 Å². The van der Waals surface area contributed by atoms with E-state index in [0.29, 0.717) is 20.9 Å². The first-order valence-electron chi connectivity index (χ1n) is 7.64. The quantitative estimate of drug-likeness (QED) is 0.348. The SMILES string of the molecule is NC(=Nc1ccc(C(F)(F)F)cc1)c1nc(Nc2c(Cl)cccc2Cl)sc1N. The van der Waals surface area contributed by atoms with Gasteiger partial charge in [0.1, 0.15) is 10.7 Å². The van der Waals surface area contributed by atoms with Crippen molar-refractivity contribution in [2.45, 2.75) is 6.18 Å². The maximum atomic E-state index is 12.6. The Labute approximate surface area is 171 Å². The lowest BCUT2D eigenvalue weighted by atomic mass is 10.2. The molecule has 28 heavy (non-hydrogen) atoms. The normalized spacial score (nSPS) is 12.2. The lowest BCUT2D eigenvalue weighted by Gasteiger charge is -2.07. The molecule has 0 spiro atoms. The Kier molecular flexibility index (Phi) is 5.69. The largest absolute Gasteiger partial charge is 0.416 e. The van der Waals surface area contributed by atoms with Gasteiger partial charge in [0.2, 0.25) is 0 Å². The number of anilines is 3. The highest BCUT2D eigenvalue weighted by molar-refractivity contribution is 7.19. The summed E-state index contributed by atoms with van der Waals surface area (Å²) in [6.07, 6.45) is -4.42. The molecule has 0 saturated heterocycles. The summed E-state index contributed by atoms with van der Waals surface area (Å²) in [5.74, 6) is -0.0354. The van der Waals surface area contributed by atoms with Crippen LogP contribution in [0.5, 0.6) is 0 Å². The summed E-state index contributed by atoms with van der Waals surface area (Å²) in [5.41, 5.74) is 12.0. The summed E-state index contributed by atoms with van der Waals surface area (Å²) in [5, 5.41) is 4.43. The number of nitrogens with two attached hydrogens (primary N) is 2. The number of thiazole rings is 1. The molecule has 0 fully saturated rings. The second-order valence-electron chi connectivity index (χ2n) is 5.50. The van der Waals surface area contributed by atoms with E-state index in [-0.39, 0.29) is 22.2 Å². The minimum absolute atomic E-state index is 0.0354. The van der Waals surface area contributed by atoms with Crippen molar-refractivity contribution in [3.8, 4) is 0 Å². The van der Waals surface area contributed by atoms with Crippen LogP contribution in [0.25, 0.3) is 0 Å². The third-order valence-corrected chi connectivity index (χ3v) is 4.96. The Bertz CT molecular complexity index is 1010. The summed E-state index contributed by atoms with van der Waals surface area (Å²) in [4.78, 5) is 8.35. The van der Waals surface area contributed by atoms with Gasteiger partial charge in [0, 0.05) is 0 Å². The van der Waals surface area contributed by atoms with E-state index in [1.54, 1.807) is 18.2 Å². The van der Waals surface area contributed by atoms with E-state index in [1.807, 2.05) is 0 Å². The molecule has 3 rings (SSSR count). The molecule has 2 aromatic carbocycles. The third kappa shape index (κ3) is 4.49. The number of rotatable bonds is 4. The number of alkyl halides is 3. The van der Waals surface area contributed by atoms with E-state index < -0.39 is 11.7 Å². The molecule has 5 N–H and O–H groups in total. The molecule has 1 aromatic heterocycles. The molecule has 0 amide bonds. The Morgan fingerprint density at radius 2 is 1.68 bits per heavy atom. The van der Waals surface area contributed by atoms with Gasteiger partial charge < -0.3 is 16.8 Å². The second kappa shape index (κ2) is 7.86. The van der Waals surface area contributed by atoms with E-state index in [0.717, 1.165) is 23.5 Å². The maximum Gasteiger partial charge on any atom is 0.416 e. The van der Waals surface area contributed by atoms with Gasteiger partial charge in [-0.25, -0.2) is 9.98 Å². The molecule has 0 atom stereocenters. The predicted octanol–water partition coefficient (Wildman–Crippen LogP) is 5.83. The van der Waals surface area contributed by atoms with Crippen LogP contribution in [-0.4, -0.2) is 10.8 Å². The molecule has 11 heteroatoms. The van der Waals surface area contributed by atoms with E-state index in [2.05, 4.69) is 15.3 Å². The highest BCUT2D eigenvalue weighted by Crippen LogP contribution is 2.36. The smallest absolute Gasteiger partial charge is 0.389 e. The van der Waals surface area contributed by atoms with Crippen molar-refractivity contribution >= 4 is 61.9 Å². The zero-order valence-electron chi connectivity index (χ0n) is 13.9. The van der Waals surface area contributed by atoms with Crippen molar-refractivity contribution < 1.29 is 13.2 Å². The van der Waals surface area contributed by atoms with Crippen molar-refractivity contribution in [2.75, 3.05) is 11.1 Å². The summed E-state index contributed by atoms with van der Waals surface area (Å²) in [6.45, 7) is 0. The molecule has 0 radical (unpaired) electrons. The molecule has 0 bridgehead atoms. The number of hydrogen-bond acceptors (Lipinski definition) is 5. The minimum atomic E-state index is -4.42. The van der Waals surface area contributed by atoms with Crippen LogP contribution in [0.15, 0.2) is 47.5 Å². The number of hydrogen-bond donors (Lipinski definition) is 3. The Morgan fingerprint density at radius 3 is 2.25 bits per heavy atom. The summed E-state index contributed by atoms with van der Waals surface area (Å²) in [7, 11) is 0. The number of para-hydroxylation sites is 1. The molecule has 0 aliphatic heterocycles. The van der Waals surface area contributed by atoms with Gasteiger partial charge in [-0.05, 0) is 36.4 Å². The van der Waals surface area contributed by atoms with Crippen molar-refractivity contribution in [1.82, 2.24) is 4.98 Å². The van der Waals surface area contributed by atoms with Gasteiger partial charge in [-0.2, -0.15) is 13.2 Å². The van der Waals surface area contributed by atoms with Crippen LogP contribution in [0.3, 0.4) is 0 Å². The lowest BCUT2D eigenvalue weighted by molar-refractivity contribution is -0.137. The number of aromatic nitrogens is 1. The molecular formula is C17H12Cl2F3N5S. The van der Waals surface area contributed by atoms with E-state index in [9.17, 15) is 13.2 Å². The molecule has 146 valence electrons. The number of benzene rings is 2. The number of aliphatic imine (C=N–C) groups is 1. The number of nitrogen functional groups attached to an aromatic ring is 1. The average molecular weight is 446 g/mol. The topological polar surface area (TPSA) is 89.3 Å². The number of nitrogens with zero attached hydrogens (tertiary/aromatic N) is 2. The zero-order valence-corrected chi connectivity index (χ0v) is 16.2. The molecular weight excluding hydrogens is 434 g/mol. The maximum absolute atomic E-state index is 12.6. The molecule has 3 aromatic rings. The van der Waals surface area contributed by atoms with Gasteiger partial charge in [0.15, 0.2) is 11.0 Å². The van der Waals surface area contributed by atoms with Crippen molar-refractivity contribution in [3.05, 3.63) is 63.8 Å². The van der Waals surface area contributed by atoms with Gasteiger partial charge in [0.05, 0.1) is 27.0 Å². The molecule has 0 unspecified atom stereocenters. The zero-order chi connectivity index (χ0) is 20.5. The highest BCUT2D eigenvalue weighted by atomic mass is 35.5. The Balaban J connectivity index is 1.85. The summed E-state index contributed by atoms with van der Waals surface area (Å²) in [6, 6.07) is 9.28. The van der Waals surface area contributed by atoms with Crippen molar-refractivity contribution in [1.29, 1.82) is 0 Å². The molecule has 0 aliphatic carbocycles. The van der Waals surface area contributed by atoms with Gasteiger partial charge in [-0.3, -0.25) is 0 Å². The van der Waals surface area contributed by atoms with Crippen LogP contribution < -0.4 is 16.8 Å². The standard InChI is InChI=1S/C17H12Cl2F3N5S/c18-10-2-1-3-11(19)12(10)26-16-27-13(15(24)28-16)14(23)25-9-6-4-8(5-7-9)17(20,21)22/h1-7H,24H2,(H2,23,25)(H,26,27). The number of nitrogens with one attached hydrogen (secondary N) is 1. The Hall–Kier alpha value is -2.49. The predicted molar refractivity (Wildman–Crippen MR) is 108 cm³/mol. The van der Waals surface area contributed by atoms with Crippen LogP contribution in [0.1, 0.15) is 11.3 Å². The molecule has 0 aliphatic rings. The third-order valence-electron chi connectivity index (χ3n) is 3.53. The van der Waals surface area contributed by atoms with Crippen LogP contribution >= 0.6 is 34.5 Å². The summed E-state index contributed by atoms with van der Waals surface area (Å²) >= 11 is 13.3. The van der Waals surface area contributed by atoms with E-state index >= 15 is 0 Å². The minimum Gasteiger partial charge on any atom is -0.389 e. The number of halogens is 5. The van der Waals surface area contributed by atoms with Crippen molar-refractivity contribution in [2.24, 2.45) is 10.7 Å². The monoisotopic (exact) mass is 445 g/mol. The lowest BCUT2D eigenvalue weighted by Crippen LogP contribution is -2.15. The molecule has 0 saturated carbocycles. The van der Waals surface area contributed by atoms with E-state index in [1.165, 1.54) is 12.1 Å². The Morgan fingerprint density at radius 1 is 1.07 bits per heavy atom. The fourth-order valence-corrected chi connectivity index (χ4v) is 3.45. The van der Waals surface area contributed by atoms with Crippen LogP contribution in [0.4, 0.5) is 34.7 Å². The first kappa shape index (κ1) is 20.2. The fraction of sp³-hybridized carbons (Fsp3) is 0.0588. The second-order valence-corrected chi connectivity index (χ2v) is 7.34.